The van der Waals surface area contributed by atoms with Gasteiger partial charge in [0.1, 0.15) is 0 Å². The molecule has 1 aliphatic carbocycles. The molecular formula is C15H30N2O. The molecule has 0 aromatic rings. The summed E-state index contributed by atoms with van der Waals surface area (Å²) in [4.78, 5) is 11.8. The first-order chi connectivity index (χ1) is 8.37. The van der Waals surface area contributed by atoms with Crippen LogP contribution in [0.2, 0.25) is 0 Å². The zero-order chi connectivity index (χ0) is 13.6. The van der Waals surface area contributed by atoms with Gasteiger partial charge in [-0.15, -0.1) is 0 Å². The second-order valence-corrected chi connectivity index (χ2v) is 7.04. The summed E-state index contributed by atoms with van der Waals surface area (Å²) in [5.74, 6) is 0.795. The molecule has 0 heterocycles. The maximum Gasteiger partial charge on any atom is 0.220 e. The summed E-state index contributed by atoms with van der Waals surface area (Å²) < 4.78 is 0. The van der Waals surface area contributed by atoms with Crippen molar-refractivity contribution in [3.05, 3.63) is 0 Å². The molecule has 3 heteroatoms. The monoisotopic (exact) mass is 254 g/mol. The Morgan fingerprint density at radius 1 is 1.28 bits per heavy atom. The zero-order valence-electron chi connectivity index (χ0n) is 12.3. The second kappa shape index (κ2) is 7.13. The predicted molar refractivity (Wildman–Crippen MR) is 76.2 cm³/mol. The van der Waals surface area contributed by atoms with Crippen molar-refractivity contribution >= 4 is 5.91 Å². The topological polar surface area (TPSA) is 55.1 Å². The van der Waals surface area contributed by atoms with Gasteiger partial charge < -0.3 is 11.1 Å². The van der Waals surface area contributed by atoms with Gasteiger partial charge in [0.15, 0.2) is 0 Å². The van der Waals surface area contributed by atoms with E-state index in [1.54, 1.807) is 0 Å². The lowest BCUT2D eigenvalue weighted by atomic mass is 9.86. The number of amides is 1. The molecule has 1 rings (SSSR count). The molecule has 3 nitrogen and oxygen atoms in total. The fraction of sp³-hybridized carbons (Fsp3) is 0.933. The van der Waals surface area contributed by atoms with E-state index < -0.39 is 0 Å². The molecule has 0 spiro atoms. The Morgan fingerprint density at radius 2 is 1.89 bits per heavy atom. The maximum absolute atomic E-state index is 11.8. The fourth-order valence-corrected chi connectivity index (χ4v) is 2.83. The van der Waals surface area contributed by atoms with Crippen molar-refractivity contribution < 1.29 is 4.79 Å². The third-order valence-electron chi connectivity index (χ3n) is 3.63. The van der Waals surface area contributed by atoms with E-state index in [0.717, 1.165) is 6.42 Å². The quantitative estimate of drug-likeness (QED) is 0.792. The second-order valence-electron chi connectivity index (χ2n) is 7.04. The first-order valence-corrected chi connectivity index (χ1v) is 7.39. The molecule has 0 radical (unpaired) electrons. The maximum atomic E-state index is 11.8. The molecule has 1 atom stereocenters. The van der Waals surface area contributed by atoms with Crippen LogP contribution in [0.15, 0.2) is 0 Å². The van der Waals surface area contributed by atoms with Crippen molar-refractivity contribution in [2.75, 3.05) is 6.54 Å². The van der Waals surface area contributed by atoms with Gasteiger partial charge in [0.25, 0.3) is 0 Å². The van der Waals surface area contributed by atoms with Gasteiger partial charge >= 0.3 is 0 Å². The highest BCUT2D eigenvalue weighted by atomic mass is 16.1. The molecular weight excluding hydrogens is 224 g/mol. The minimum absolute atomic E-state index is 0.0697. The van der Waals surface area contributed by atoms with E-state index in [2.05, 4.69) is 26.1 Å². The highest BCUT2D eigenvalue weighted by molar-refractivity contribution is 5.76. The zero-order valence-corrected chi connectivity index (χ0v) is 12.3. The summed E-state index contributed by atoms with van der Waals surface area (Å²) in [6.45, 7) is 7.15. The molecule has 1 aliphatic rings. The summed E-state index contributed by atoms with van der Waals surface area (Å²) in [6, 6.07) is 0.0697. The van der Waals surface area contributed by atoms with Crippen molar-refractivity contribution in [1.82, 2.24) is 5.32 Å². The highest BCUT2D eigenvalue weighted by Crippen LogP contribution is 2.26. The van der Waals surface area contributed by atoms with Crippen LogP contribution in [0, 0.1) is 11.3 Å². The standard InChI is InChI=1S/C15H30N2O/c1-15(2,3)10-13(16)11-17-14(18)9-12-7-5-4-6-8-12/h12-13H,4-11,16H2,1-3H3,(H,17,18). The van der Waals surface area contributed by atoms with Crippen LogP contribution in [-0.4, -0.2) is 18.5 Å². The minimum Gasteiger partial charge on any atom is -0.355 e. The minimum atomic E-state index is 0.0697. The third-order valence-corrected chi connectivity index (χ3v) is 3.63. The molecule has 18 heavy (non-hydrogen) atoms. The number of carbonyl (C=O) groups excluding carboxylic acids is 1. The summed E-state index contributed by atoms with van der Waals surface area (Å²) in [6.07, 6.45) is 8.01. The smallest absolute Gasteiger partial charge is 0.220 e. The highest BCUT2D eigenvalue weighted by Gasteiger charge is 2.19. The lowest BCUT2D eigenvalue weighted by Gasteiger charge is -2.24. The van der Waals surface area contributed by atoms with Crippen LogP contribution in [0.1, 0.15) is 65.7 Å². The van der Waals surface area contributed by atoms with E-state index in [9.17, 15) is 4.79 Å². The van der Waals surface area contributed by atoms with Crippen molar-refractivity contribution in [2.45, 2.75) is 71.8 Å². The Bertz CT molecular complexity index is 252. The molecule has 106 valence electrons. The Hall–Kier alpha value is -0.570. The first kappa shape index (κ1) is 15.5. The molecule has 0 saturated heterocycles. The van der Waals surface area contributed by atoms with Gasteiger partial charge in [-0.25, -0.2) is 0 Å². The van der Waals surface area contributed by atoms with E-state index >= 15 is 0 Å². The van der Waals surface area contributed by atoms with Crippen LogP contribution in [0.3, 0.4) is 0 Å². The fourth-order valence-electron chi connectivity index (χ4n) is 2.83. The largest absolute Gasteiger partial charge is 0.355 e. The summed E-state index contributed by atoms with van der Waals surface area (Å²) in [5.41, 5.74) is 6.26. The number of rotatable bonds is 5. The lowest BCUT2D eigenvalue weighted by molar-refractivity contribution is -0.122. The summed E-state index contributed by atoms with van der Waals surface area (Å²) in [5, 5.41) is 2.99. The van der Waals surface area contributed by atoms with Crippen molar-refractivity contribution in [3.8, 4) is 0 Å². The number of carbonyl (C=O) groups is 1. The molecule has 0 bridgehead atoms. The van der Waals surface area contributed by atoms with Gasteiger partial charge in [0.2, 0.25) is 5.91 Å². The van der Waals surface area contributed by atoms with Gasteiger partial charge in [0, 0.05) is 19.0 Å². The Balaban J connectivity index is 2.16. The van der Waals surface area contributed by atoms with Crippen LogP contribution in [0.4, 0.5) is 0 Å². The van der Waals surface area contributed by atoms with Crippen LogP contribution in [-0.2, 0) is 4.79 Å². The van der Waals surface area contributed by atoms with Crippen molar-refractivity contribution in [2.24, 2.45) is 17.1 Å². The molecule has 1 fully saturated rings. The number of hydrogen-bond acceptors (Lipinski definition) is 2. The number of nitrogens with one attached hydrogen (secondary N) is 1. The third kappa shape index (κ3) is 7.00. The van der Waals surface area contributed by atoms with Crippen LogP contribution in [0.5, 0.6) is 0 Å². The molecule has 1 unspecified atom stereocenters. The van der Waals surface area contributed by atoms with Crippen LogP contribution in [0.25, 0.3) is 0 Å². The van der Waals surface area contributed by atoms with E-state index in [4.69, 9.17) is 5.73 Å². The molecule has 1 amide bonds. The Kier molecular flexibility index (Phi) is 6.13. The molecule has 0 aliphatic heterocycles. The predicted octanol–water partition coefficient (Wildman–Crippen LogP) is 2.84. The van der Waals surface area contributed by atoms with Crippen molar-refractivity contribution in [3.63, 3.8) is 0 Å². The van der Waals surface area contributed by atoms with E-state index in [1.807, 2.05) is 0 Å². The molecule has 3 N–H and O–H groups in total. The summed E-state index contributed by atoms with van der Waals surface area (Å²) >= 11 is 0. The number of hydrogen-bond donors (Lipinski definition) is 2. The van der Waals surface area contributed by atoms with E-state index in [0.29, 0.717) is 18.9 Å². The van der Waals surface area contributed by atoms with Gasteiger partial charge in [-0.1, -0.05) is 40.0 Å². The van der Waals surface area contributed by atoms with Crippen molar-refractivity contribution in [1.29, 1.82) is 0 Å². The average Bonchev–Trinajstić information content (AvgIpc) is 2.25. The number of nitrogens with two attached hydrogens (primary N) is 1. The van der Waals surface area contributed by atoms with Gasteiger partial charge in [-0.2, -0.15) is 0 Å². The average molecular weight is 254 g/mol. The Morgan fingerprint density at radius 3 is 2.44 bits per heavy atom. The first-order valence-electron chi connectivity index (χ1n) is 7.39. The molecule has 1 saturated carbocycles. The lowest BCUT2D eigenvalue weighted by Crippen LogP contribution is -2.40. The SMILES string of the molecule is CC(C)(C)CC(N)CNC(=O)CC1CCCCC1. The van der Waals surface area contributed by atoms with E-state index in [-0.39, 0.29) is 17.4 Å². The van der Waals surface area contributed by atoms with Gasteiger partial charge in [0.05, 0.1) is 0 Å². The molecule has 0 aromatic carbocycles. The van der Waals surface area contributed by atoms with Crippen LogP contribution < -0.4 is 11.1 Å². The normalized spacial score (nSPS) is 19.6. The Labute approximate surface area is 112 Å². The van der Waals surface area contributed by atoms with Crippen LogP contribution >= 0.6 is 0 Å². The molecule has 0 aromatic heterocycles. The summed E-state index contributed by atoms with van der Waals surface area (Å²) in [7, 11) is 0. The van der Waals surface area contributed by atoms with E-state index in [1.165, 1.54) is 32.1 Å². The van der Waals surface area contributed by atoms with Gasteiger partial charge in [-0.05, 0) is 30.6 Å². The van der Waals surface area contributed by atoms with Gasteiger partial charge in [-0.3, -0.25) is 4.79 Å².